The van der Waals surface area contributed by atoms with E-state index in [2.05, 4.69) is 13.8 Å². The van der Waals surface area contributed by atoms with Gasteiger partial charge in [0.25, 0.3) is 5.91 Å². The molecule has 1 unspecified atom stereocenters. The molecule has 1 aliphatic heterocycles. The zero-order valence-electron chi connectivity index (χ0n) is 21.8. The van der Waals surface area contributed by atoms with E-state index in [1.54, 1.807) is 30.4 Å². The molecular weight excluding hydrogens is 470 g/mol. The quantitative estimate of drug-likeness (QED) is 0.287. The third-order valence-electron chi connectivity index (χ3n) is 6.94. The van der Waals surface area contributed by atoms with Crippen LogP contribution in [0.3, 0.4) is 0 Å². The normalized spacial score (nSPS) is 15.0. The van der Waals surface area contributed by atoms with Crippen LogP contribution in [0.1, 0.15) is 64.9 Å². The fourth-order valence-corrected chi connectivity index (χ4v) is 4.73. The zero-order chi connectivity index (χ0) is 26.3. The third kappa shape index (κ3) is 4.50. The summed E-state index contributed by atoms with van der Waals surface area (Å²) in [5.74, 6) is 1.99. The first-order valence-electron chi connectivity index (χ1n) is 12.5. The summed E-state index contributed by atoms with van der Waals surface area (Å²) in [5, 5.41) is 0.458. The van der Waals surface area contributed by atoms with Gasteiger partial charge in [-0.2, -0.15) is 0 Å². The Kier molecular flexibility index (Phi) is 6.54. The molecule has 1 atom stereocenters. The van der Waals surface area contributed by atoms with E-state index in [4.69, 9.17) is 18.3 Å². The van der Waals surface area contributed by atoms with E-state index in [9.17, 15) is 9.59 Å². The molecule has 7 nitrogen and oxygen atoms in total. The lowest BCUT2D eigenvalue weighted by Crippen LogP contribution is -2.29. The molecule has 37 heavy (non-hydrogen) atoms. The lowest BCUT2D eigenvalue weighted by Gasteiger charge is -2.25. The Morgan fingerprint density at radius 2 is 1.81 bits per heavy atom. The van der Waals surface area contributed by atoms with Crippen molar-refractivity contribution in [2.24, 2.45) is 5.92 Å². The number of carbonyl (C=O) groups is 1. The fourth-order valence-electron chi connectivity index (χ4n) is 4.73. The number of carbonyl (C=O) groups excluding carboxylic acids is 1. The van der Waals surface area contributed by atoms with E-state index >= 15 is 0 Å². The van der Waals surface area contributed by atoms with E-state index in [1.807, 2.05) is 44.2 Å². The Hall–Kier alpha value is -4.00. The Morgan fingerprint density at radius 1 is 1.03 bits per heavy atom. The molecule has 7 heteroatoms. The maximum atomic E-state index is 13.9. The highest BCUT2D eigenvalue weighted by Crippen LogP contribution is 2.42. The molecule has 0 spiro atoms. The van der Waals surface area contributed by atoms with Gasteiger partial charge >= 0.3 is 0 Å². The molecule has 0 radical (unpaired) electrons. The van der Waals surface area contributed by atoms with Crippen molar-refractivity contribution in [2.75, 3.05) is 13.7 Å². The van der Waals surface area contributed by atoms with E-state index in [-0.39, 0.29) is 23.6 Å². The molecule has 2 aromatic heterocycles. The number of amides is 1. The second-order valence-electron chi connectivity index (χ2n) is 9.96. The smallest absolute Gasteiger partial charge is 0.291 e. The average molecular weight is 502 g/mol. The zero-order valence-corrected chi connectivity index (χ0v) is 21.8. The SMILES string of the molecule is COc1cc(C2c3c(oc4cc(C)c(C)cc4c3=O)C(=O)N2Cc2ccco2)ccc1OCCC(C)C. The Labute approximate surface area is 215 Å². The number of methoxy groups -OCH3 is 1. The summed E-state index contributed by atoms with van der Waals surface area (Å²) in [4.78, 5) is 29.2. The number of aryl methyl sites for hydroxylation is 2. The van der Waals surface area contributed by atoms with Crippen molar-refractivity contribution in [1.82, 2.24) is 4.90 Å². The summed E-state index contributed by atoms with van der Waals surface area (Å²) in [6.45, 7) is 8.94. The maximum Gasteiger partial charge on any atom is 0.291 e. The Balaban J connectivity index is 1.65. The summed E-state index contributed by atoms with van der Waals surface area (Å²) in [6.07, 6.45) is 2.48. The van der Waals surface area contributed by atoms with Gasteiger partial charge in [-0.25, -0.2) is 0 Å². The van der Waals surface area contributed by atoms with Gasteiger partial charge in [-0.05, 0) is 79.3 Å². The van der Waals surface area contributed by atoms with Gasteiger partial charge in [0.1, 0.15) is 11.3 Å². The molecular formula is C30H31NO6. The number of hydrogen-bond donors (Lipinski definition) is 0. The van der Waals surface area contributed by atoms with Gasteiger partial charge in [0.05, 0.1) is 43.5 Å². The number of ether oxygens (including phenoxy) is 2. The standard InChI is InChI=1S/C30H31NO6/c1-17(2)10-12-36-23-9-8-20(15-25(23)34-5)27-26-28(32)22-13-18(3)19(4)14-24(22)37-29(26)30(33)31(27)16-21-7-6-11-35-21/h6-9,11,13-15,17,27H,10,12,16H2,1-5H3. The Morgan fingerprint density at radius 3 is 2.51 bits per heavy atom. The lowest BCUT2D eigenvalue weighted by atomic mass is 9.97. The largest absolute Gasteiger partial charge is 0.493 e. The number of hydrogen-bond acceptors (Lipinski definition) is 6. The molecule has 2 aromatic carbocycles. The molecule has 4 aromatic rings. The first-order chi connectivity index (χ1) is 17.8. The van der Waals surface area contributed by atoms with Crippen molar-refractivity contribution < 1.29 is 23.1 Å². The number of rotatable bonds is 8. The second-order valence-corrected chi connectivity index (χ2v) is 9.96. The van der Waals surface area contributed by atoms with Crippen LogP contribution in [0.5, 0.6) is 11.5 Å². The number of fused-ring (bicyclic) bond motifs is 2. The lowest BCUT2D eigenvalue weighted by molar-refractivity contribution is 0.0701. The van der Waals surface area contributed by atoms with Crippen LogP contribution in [0.25, 0.3) is 11.0 Å². The van der Waals surface area contributed by atoms with Crippen molar-refractivity contribution >= 4 is 16.9 Å². The number of benzene rings is 2. The molecule has 0 aliphatic carbocycles. The molecule has 1 amide bonds. The van der Waals surface area contributed by atoms with Gasteiger partial charge in [-0.1, -0.05) is 19.9 Å². The predicted molar refractivity (Wildman–Crippen MR) is 140 cm³/mol. The molecule has 3 heterocycles. The molecule has 0 N–H and O–H groups in total. The van der Waals surface area contributed by atoms with Crippen LogP contribution < -0.4 is 14.9 Å². The van der Waals surface area contributed by atoms with Gasteiger partial charge in [0, 0.05) is 0 Å². The highest BCUT2D eigenvalue weighted by Gasteiger charge is 2.43. The van der Waals surface area contributed by atoms with Gasteiger partial charge in [0.2, 0.25) is 5.76 Å². The highest BCUT2D eigenvalue weighted by atomic mass is 16.5. The van der Waals surface area contributed by atoms with Crippen LogP contribution in [0.2, 0.25) is 0 Å². The van der Waals surface area contributed by atoms with Gasteiger partial charge < -0.3 is 23.2 Å². The number of furan rings is 1. The first kappa shape index (κ1) is 24.7. The van der Waals surface area contributed by atoms with Gasteiger partial charge in [0.15, 0.2) is 16.9 Å². The summed E-state index contributed by atoms with van der Waals surface area (Å²) in [7, 11) is 1.58. The minimum Gasteiger partial charge on any atom is -0.493 e. The van der Waals surface area contributed by atoms with Crippen LogP contribution in [0.15, 0.2) is 62.4 Å². The van der Waals surface area contributed by atoms with Crippen LogP contribution >= 0.6 is 0 Å². The molecule has 1 aliphatic rings. The molecule has 5 rings (SSSR count). The Bertz CT molecular complexity index is 1520. The third-order valence-corrected chi connectivity index (χ3v) is 6.94. The predicted octanol–water partition coefficient (Wildman–Crippen LogP) is 6.18. The summed E-state index contributed by atoms with van der Waals surface area (Å²) < 4.78 is 23.3. The fraction of sp³-hybridized carbons (Fsp3) is 0.333. The van der Waals surface area contributed by atoms with E-state index in [0.717, 1.165) is 23.1 Å². The summed E-state index contributed by atoms with van der Waals surface area (Å²) in [6, 6.07) is 12.1. The van der Waals surface area contributed by atoms with Crippen molar-refractivity contribution in [3.63, 3.8) is 0 Å². The van der Waals surface area contributed by atoms with E-state index in [1.165, 1.54) is 0 Å². The van der Waals surface area contributed by atoms with E-state index < -0.39 is 6.04 Å². The molecule has 0 bridgehead atoms. The number of nitrogens with zero attached hydrogens (tertiary/aromatic N) is 1. The van der Waals surface area contributed by atoms with Crippen molar-refractivity contribution in [3.8, 4) is 11.5 Å². The van der Waals surface area contributed by atoms with Crippen LogP contribution in [-0.4, -0.2) is 24.5 Å². The van der Waals surface area contributed by atoms with Crippen LogP contribution in [0, 0.1) is 19.8 Å². The van der Waals surface area contributed by atoms with Crippen molar-refractivity contribution in [2.45, 2.75) is 46.7 Å². The second kappa shape index (κ2) is 9.81. The molecule has 0 fully saturated rings. The topological polar surface area (TPSA) is 82.1 Å². The van der Waals surface area contributed by atoms with Gasteiger partial charge in [-0.3, -0.25) is 9.59 Å². The first-order valence-corrected chi connectivity index (χ1v) is 12.5. The van der Waals surface area contributed by atoms with E-state index in [0.29, 0.717) is 46.3 Å². The minimum atomic E-state index is -0.673. The molecule has 0 saturated carbocycles. The van der Waals surface area contributed by atoms with Gasteiger partial charge in [-0.15, -0.1) is 0 Å². The molecule has 192 valence electrons. The van der Waals surface area contributed by atoms with Crippen molar-refractivity contribution in [1.29, 1.82) is 0 Å². The monoisotopic (exact) mass is 501 g/mol. The average Bonchev–Trinajstić information content (AvgIpc) is 3.48. The minimum absolute atomic E-state index is 0.0635. The maximum absolute atomic E-state index is 13.9. The summed E-state index contributed by atoms with van der Waals surface area (Å²) in [5.41, 5.74) is 3.21. The van der Waals surface area contributed by atoms with Crippen LogP contribution in [-0.2, 0) is 6.54 Å². The van der Waals surface area contributed by atoms with Crippen molar-refractivity contribution in [3.05, 3.63) is 92.7 Å². The summed E-state index contributed by atoms with van der Waals surface area (Å²) >= 11 is 0. The van der Waals surface area contributed by atoms with Crippen LogP contribution in [0.4, 0.5) is 0 Å². The molecule has 0 saturated heterocycles. The highest BCUT2D eigenvalue weighted by molar-refractivity contribution is 5.99.